The molecule has 0 bridgehead atoms. The molecule has 0 radical (unpaired) electrons. The summed E-state index contributed by atoms with van der Waals surface area (Å²) < 4.78 is 5.38. The van der Waals surface area contributed by atoms with Crippen LogP contribution in [0.5, 0.6) is 5.75 Å². The SMILES string of the molecule is CC[C@H](C)Sc1nc2c(c(=O)[nH]1)[C@H](c1cccc(OC)c1)[C@H]1C(=O)CCC=C1N2. The van der Waals surface area contributed by atoms with E-state index >= 15 is 0 Å². The third-order valence-corrected chi connectivity index (χ3v) is 6.77. The maximum atomic E-state index is 13.2. The minimum absolute atomic E-state index is 0.144. The summed E-state index contributed by atoms with van der Waals surface area (Å²) in [6.07, 6.45) is 4.23. The summed E-state index contributed by atoms with van der Waals surface area (Å²) in [5, 5.41) is 4.24. The molecule has 1 aromatic heterocycles. The van der Waals surface area contributed by atoms with Gasteiger partial charge >= 0.3 is 0 Å². The van der Waals surface area contributed by atoms with Gasteiger partial charge in [0.25, 0.3) is 5.56 Å². The van der Waals surface area contributed by atoms with Crippen LogP contribution in [-0.2, 0) is 4.79 Å². The van der Waals surface area contributed by atoms with Crippen LogP contribution in [0.2, 0.25) is 0 Å². The highest BCUT2D eigenvalue weighted by Gasteiger charge is 2.42. The Morgan fingerprint density at radius 1 is 1.31 bits per heavy atom. The summed E-state index contributed by atoms with van der Waals surface area (Å²) in [7, 11) is 1.61. The molecule has 1 aromatic carbocycles. The predicted molar refractivity (Wildman–Crippen MR) is 115 cm³/mol. The summed E-state index contributed by atoms with van der Waals surface area (Å²) in [5.74, 6) is 0.596. The molecule has 4 rings (SSSR count). The van der Waals surface area contributed by atoms with Crippen molar-refractivity contribution in [2.24, 2.45) is 5.92 Å². The number of aromatic amines is 1. The van der Waals surface area contributed by atoms with Gasteiger partial charge in [-0.25, -0.2) is 4.98 Å². The standard InChI is InChI=1S/C22H25N3O3S/c1-4-12(2)29-22-24-20-19(21(27)25-22)17(13-7-5-8-14(11-13)28-3)18-15(23-20)9-6-10-16(18)26/h5,7-9,11-12,17-18H,4,6,10H2,1-3H3,(H2,23,24,25,27)/t12-,17+,18+/m0/s1. The van der Waals surface area contributed by atoms with Crippen molar-refractivity contribution < 1.29 is 9.53 Å². The van der Waals surface area contributed by atoms with Gasteiger partial charge in [-0.1, -0.05) is 43.8 Å². The molecule has 2 aromatic rings. The quantitative estimate of drug-likeness (QED) is 0.569. The first-order valence-electron chi connectivity index (χ1n) is 9.96. The Morgan fingerprint density at radius 2 is 2.14 bits per heavy atom. The minimum atomic E-state index is -0.403. The number of hydrogen-bond acceptors (Lipinski definition) is 6. The Balaban J connectivity index is 1.88. The number of ether oxygens (including phenoxy) is 1. The van der Waals surface area contributed by atoms with Gasteiger partial charge in [-0.05, 0) is 30.5 Å². The second-order valence-electron chi connectivity index (χ2n) is 7.49. The van der Waals surface area contributed by atoms with E-state index in [4.69, 9.17) is 9.72 Å². The maximum Gasteiger partial charge on any atom is 0.257 e. The number of rotatable bonds is 5. The third kappa shape index (κ3) is 3.71. The molecule has 152 valence electrons. The molecule has 0 spiro atoms. The van der Waals surface area contributed by atoms with E-state index in [1.165, 1.54) is 0 Å². The highest BCUT2D eigenvalue weighted by Crippen LogP contribution is 2.45. The first-order chi connectivity index (χ1) is 14.0. The number of hydrogen-bond donors (Lipinski definition) is 2. The number of nitrogens with one attached hydrogen (secondary N) is 2. The zero-order valence-corrected chi connectivity index (χ0v) is 17.6. The molecule has 7 heteroatoms. The molecule has 1 aliphatic carbocycles. The van der Waals surface area contributed by atoms with Crippen molar-refractivity contribution >= 4 is 23.4 Å². The van der Waals surface area contributed by atoms with Crippen LogP contribution in [0.4, 0.5) is 5.82 Å². The second-order valence-corrected chi connectivity index (χ2v) is 8.92. The number of thioether (sulfide) groups is 1. The highest BCUT2D eigenvalue weighted by atomic mass is 32.2. The largest absolute Gasteiger partial charge is 0.497 e. The lowest BCUT2D eigenvalue weighted by Gasteiger charge is -2.36. The van der Waals surface area contributed by atoms with Crippen LogP contribution in [0, 0.1) is 5.92 Å². The number of methoxy groups -OCH3 is 1. The minimum Gasteiger partial charge on any atom is -0.497 e. The lowest BCUT2D eigenvalue weighted by Crippen LogP contribution is -2.38. The Bertz CT molecular complexity index is 1030. The van der Waals surface area contributed by atoms with E-state index < -0.39 is 5.92 Å². The molecule has 0 unspecified atom stereocenters. The number of carbonyl (C=O) groups excluding carboxylic acids is 1. The van der Waals surface area contributed by atoms with Gasteiger partial charge in [0.05, 0.1) is 18.6 Å². The zero-order chi connectivity index (χ0) is 20.5. The maximum absolute atomic E-state index is 13.2. The molecule has 2 heterocycles. The van der Waals surface area contributed by atoms with Crippen molar-refractivity contribution in [2.45, 2.75) is 49.4 Å². The summed E-state index contributed by atoms with van der Waals surface area (Å²) in [6.45, 7) is 4.21. The fourth-order valence-corrected chi connectivity index (χ4v) is 4.84. The van der Waals surface area contributed by atoms with E-state index in [9.17, 15) is 9.59 Å². The van der Waals surface area contributed by atoms with Gasteiger partial charge in [-0.3, -0.25) is 9.59 Å². The number of fused-ring (bicyclic) bond motifs is 2. The molecule has 1 aliphatic heterocycles. The van der Waals surface area contributed by atoms with E-state index in [1.807, 2.05) is 24.3 Å². The van der Waals surface area contributed by atoms with Gasteiger partial charge in [0.2, 0.25) is 0 Å². The molecule has 29 heavy (non-hydrogen) atoms. The molecular formula is C22H25N3O3S. The van der Waals surface area contributed by atoms with Crippen LogP contribution >= 0.6 is 11.8 Å². The lowest BCUT2D eigenvalue weighted by molar-refractivity contribution is -0.122. The third-order valence-electron chi connectivity index (χ3n) is 5.62. The summed E-state index contributed by atoms with van der Waals surface area (Å²) in [4.78, 5) is 33.7. The first-order valence-corrected chi connectivity index (χ1v) is 10.8. The number of ketones is 1. The molecular weight excluding hydrogens is 386 g/mol. The first kappa shape index (κ1) is 19.8. The summed E-state index contributed by atoms with van der Waals surface area (Å²) in [6, 6.07) is 7.60. The number of benzene rings is 1. The fourth-order valence-electron chi connectivity index (χ4n) is 3.99. The highest BCUT2D eigenvalue weighted by molar-refractivity contribution is 7.99. The summed E-state index contributed by atoms with van der Waals surface area (Å²) >= 11 is 1.55. The molecule has 6 nitrogen and oxygen atoms in total. The van der Waals surface area contributed by atoms with Crippen LogP contribution in [0.3, 0.4) is 0 Å². The van der Waals surface area contributed by atoms with Crippen LogP contribution in [-0.4, -0.2) is 28.1 Å². The number of H-pyrrole nitrogens is 1. The molecule has 0 amide bonds. The van der Waals surface area contributed by atoms with Gasteiger partial charge < -0.3 is 15.0 Å². The van der Waals surface area contributed by atoms with Crippen molar-refractivity contribution in [3.63, 3.8) is 0 Å². The fraction of sp³-hybridized carbons (Fsp3) is 0.409. The average molecular weight is 412 g/mol. The number of anilines is 1. The summed E-state index contributed by atoms with van der Waals surface area (Å²) in [5.41, 5.74) is 2.05. The van der Waals surface area contributed by atoms with Crippen LogP contribution in [0.15, 0.2) is 46.0 Å². The van der Waals surface area contributed by atoms with Crippen molar-refractivity contribution in [3.05, 3.63) is 57.5 Å². The van der Waals surface area contributed by atoms with E-state index in [2.05, 4.69) is 30.2 Å². The molecule has 0 fully saturated rings. The number of Topliss-reactive ketones (excluding diaryl/α,β-unsaturated/α-hetero) is 1. The zero-order valence-electron chi connectivity index (χ0n) is 16.8. The Morgan fingerprint density at radius 3 is 2.90 bits per heavy atom. The lowest BCUT2D eigenvalue weighted by atomic mass is 9.72. The van der Waals surface area contributed by atoms with E-state index in [1.54, 1.807) is 18.9 Å². The Hall–Kier alpha value is -2.54. The molecule has 0 saturated carbocycles. The van der Waals surface area contributed by atoms with Crippen LogP contribution < -0.4 is 15.6 Å². The molecule has 0 saturated heterocycles. The molecule has 3 atom stereocenters. The normalized spacial score (nSPS) is 21.5. The Kier molecular flexibility index (Phi) is 5.50. The van der Waals surface area contributed by atoms with Gasteiger partial charge in [-0.2, -0.15) is 0 Å². The number of aromatic nitrogens is 2. The molecule has 2 N–H and O–H groups in total. The van der Waals surface area contributed by atoms with Crippen molar-refractivity contribution in [3.8, 4) is 5.75 Å². The van der Waals surface area contributed by atoms with Gasteiger partial charge in [0.1, 0.15) is 17.4 Å². The number of allylic oxidation sites excluding steroid dienone is 2. The van der Waals surface area contributed by atoms with Crippen molar-refractivity contribution in [1.29, 1.82) is 0 Å². The van der Waals surface area contributed by atoms with Gasteiger partial charge in [0.15, 0.2) is 5.16 Å². The second kappa shape index (κ2) is 8.06. The van der Waals surface area contributed by atoms with Gasteiger partial charge in [-0.15, -0.1) is 0 Å². The van der Waals surface area contributed by atoms with E-state index in [0.29, 0.717) is 40.4 Å². The smallest absolute Gasteiger partial charge is 0.257 e. The van der Waals surface area contributed by atoms with Crippen molar-refractivity contribution in [1.82, 2.24) is 9.97 Å². The monoisotopic (exact) mass is 411 g/mol. The van der Waals surface area contributed by atoms with Crippen molar-refractivity contribution in [2.75, 3.05) is 12.4 Å². The number of nitrogens with zero attached hydrogens (tertiary/aromatic N) is 1. The average Bonchev–Trinajstić information content (AvgIpc) is 2.72. The van der Waals surface area contributed by atoms with E-state index in [-0.39, 0.29) is 17.3 Å². The predicted octanol–water partition coefficient (Wildman–Crippen LogP) is 4.09. The van der Waals surface area contributed by atoms with Crippen LogP contribution in [0.1, 0.15) is 50.2 Å². The van der Waals surface area contributed by atoms with Gasteiger partial charge in [0, 0.05) is 23.3 Å². The number of carbonyl (C=O) groups is 1. The van der Waals surface area contributed by atoms with E-state index in [0.717, 1.165) is 17.7 Å². The topological polar surface area (TPSA) is 84.1 Å². The molecule has 2 aliphatic rings. The Labute approximate surface area is 174 Å². The van der Waals surface area contributed by atoms with Crippen LogP contribution in [0.25, 0.3) is 0 Å².